The quantitative estimate of drug-likeness (QED) is 0.494. The number of hydrogen-bond donors (Lipinski definition) is 2. The summed E-state index contributed by atoms with van der Waals surface area (Å²) in [6.07, 6.45) is 6.58. The largest absolute Gasteiger partial charge is 0.324 e. The van der Waals surface area contributed by atoms with Crippen LogP contribution in [0.5, 0.6) is 0 Å². The summed E-state index contributed by atoms with van der Waals surface area (Å²) in [5, 5.41) is 7.11. The number of anilines is 1. The van der Waals surface area contributed by atoms with Gasteiger partial charge in [0, 0.05) is 22.7 Å². The molecule has 0 aromatic heterocycles. The molecule has 3 aliphatic heterocycles. The minimum Gasteiger partial charge on any atom is -0.324 e. The Kier molecular flexibility index (Phi) is 5.49. The van der Waals surface area contributed by atoms with Crippen molar-refractivity contribution in [1.82, 2.24) is 10.2 Å². The zero-order valence-corrected chi connectivity index (χ0v) is 20.6. The van der Waals surface area contributed by atoms with Crippen LogP contribution in [0.1, 0.15) is 55.2 Å². The number of benzene rings is 2. The molecule has 6 nitrogen and oxygen atoms in total. The van der Waals surface area contributed by atoms with Gasteiger partial charge in [-0.25, -0.2) is 0 Å². The third-order valence-corrected chi connectivity index (χ3v) is 9.02. The van der Waals surface area contributed by atoms with Crippen molar-refractivity contribution in [1.29, 1.82) is 0 Å². The third kappa shape index (κ3) is 3.30. The SMILES string of the molecule is Cc1c(Cl)ccc2c1NC(=O)[C@]21N[C@H](Cc2ccccc2)[C@@H]2C(=O)N(C3CCCCCC3)C(=O)[C@@H]21. The van der Waals surface area contributed by atoms with Gasteiger partial charge in [0.15, 0.2) is 0 Å². The molecule has 2 aromatic carbocycles. The van der Waals surface area contributed by atoms with Gasteiger partial charge in [0.1, 0.15) is 5.54 Å². The summed E-state index contributed by atoms with van der Waals surface area (Å²) in [5.41, 5.74) is 1.94. The first-order valence-corrected chi connectivity index (χ1v) is 13.1. The summed E-state index contributed by atoms with van der Waals surface area (Å²) in [6.45, 7) is 1.87. The molecule has 1 saturated carbocycles. The number of fused-ring (bicyclic) bond motifs is 4. The number of imide groups is 1. The average Bonchev–Trinajstić information content (AvgIpc) is 3.31. The Hall–Kier alpha value is -2.70. The number of likely N-dealkylation sites (tertiary alicyclic amines) is 1. The van der Waals surface area contributed by atoms with E-state index in [0.717, 1.165) is 55.2 Å². The van der Waals surface area contributed by atoms with Gasteiger partial charge in [0.25, 0.3) is 0 Å². The third-order valence-electron chi connectivity index (χ3n) is 8.61. The number of nitrogens with zero attached hydrogens (tertiary/aromatic N) is 1. The Labute approximate surface area is 210 Å². The molecule has 2 aromatic rings. The van der Waals surface area contributed by atoms with Crippen LogP contribution in [0, 0.1) is 18.8 Å². The highest BCUT2D eigenvalue weighted by molar-refractivity contribution is 6.32. The summed E-state index contributed by atoms with van der Waals surface area (Å²) < 4.78 is 0. The van der Waals surface area contributed by atoms with Crippen molar-refractivity contribution in [2.75, 3.05) is 5.32 Å². The Morgan fingerprint density at radius 2 is 1.69 bits per heavy atom. The Bertz CT molecular complexity index is 1210. The molecule has 6 rings (SSSR count). The molecule has 3 heterocycles. The highest BCUT2D eigenvalue weighted by Gasteiger charge is 2.71. The Morgan fingerprint density at radius 3 is 2.40 bits per heavy atom. The number of halogens is 1. The first-order chi connectivity index (χ1) is 16.9. The molecule has 1 aliphatic carbocycles. The summed E-state index contributed by atoms with van der Waals surface area (Å²) in [7, 11) is 0. The number of rotatable bonds is 3. The van der Waals surface area contributed by atoms with Crippen LogP contribution >= 0.6 is 11.6 Å². The van der Waals surface area contributed by atoms with Gasteiger partial charge in [-0.3, -0.25) is 24.6 Å². The van der Waals surface area contributed by atoms with Gasteiger partial charge < -0.3 is 5.32 Å². The van der Waals surface area contributed by atoms with Crippen LogP contribution in [0.2, 0.25) is 5.02 Å². The molecule has 182 valence electrons. The van der Waals surface area contributed by atoms with E-state index in [-0.39, 0.29) is 29.8 Å². The maximum atomic E-state index is 14.1. The molecule has 0 unspecified atom stereocenters. The van der Waals surface area contributed by atoms with Gasteiger partial charge in [-0.05, 0) is 43.4 Å². The number of nitrogens with one attached hydrogen (secondary N) is 2. The normalized spacial score (nSPS) is 30.5. The monoisotopic (exact) mass is 491 g/mol. The summed E-state index contributed by atoms with van der Waals surface area (Å²) >= 11 is 6.37. The fourth-order valence-electron chi connectivity index (χ4n) is 6.93. The maximum absolute atomic E-state index is 14.1. The lowest BCUT2D eigenvalue weighted by Gasteiger charge is -2.32. The molecule has 3 fully saturated rings. The van der Waals surface area contributed by atoms with E-state index in [2.05, 4.69) is 10.6 Å². The molecular weight excluding hydrogens is 462 g/mol. The number of carbonyl (C=O) groups excluding carboxylic acids is 3. The lowest BCUT2D eigenvalue weighted by atomic mass is 9.76. The second kappa shape index (κ2) is 8.45. The van der Waals surface area contributed by atoms with Crippen LogP contribution in [0.25, 0.3) is 0 Å². The average molecular weight is 492 g/mol. The summed E-state index contributed by atoms with van der Waals surface area (Å²) in [5.74, 6) is -1.95. The number of hydrogen-bond acceptors (Lipinski definition) is 4. The van der Waals surface area contributed by atoms with E-state index in [4.69, 9.17) is 11.6 Å². The van der Waals surface area contributed by atoms with E-state index in [9.17, 15) is 14.4 Å². The van der Waals surface area contributed by atoms with Gasteiger partial charge in [0.2, 0.25) is 17.7 Å². The second-order valence-corrected chi connectivity index (χ2v) is 10.9. The lowest BCUT2D eigenvalue weighted by Crippen LogP contribution is -2.54. The first kappa shape index (κ1) is 22.7. The van der Waals surface area contributed by atoms with Crippen molar-refractivity contribution in [3.8, 4) is 0 Å². The van der Waals surface area contributed by atoms with E-state index in [0.29, 0.717) is 17.1 Å². The van der Waals surface area contributed by atoms with Crippen molar-refractivity contribution in [2.45, 2.75) is 69.5 Å². The highest BCUT2D eigenvalue weighted by atomic mass is 35.5. The predicted molar refractivity (Wildman–Crippen MR) is 134 cm³/mol. The number of carbonyl (C=O) groups is 3. The molecule has 2 saturated heterocycles. The number of amides is 3. The fraction of sp³-hybridized carbons (Fsp3) is 0.464. The summed E-state index contributed by atoms with van der Waals surface area (Å²) in [4.78, 5) is 43.4. The molecule has 1 spiro atoms. The molecule has 4 aliphatic rings. The first-order valence-electron chi connectivity index (χ1n) is 12.7. The van der Waals surface area contributed by atoms with Crippen LogP contribution in [0.3, 0.4) is 0 Å². The van der Waals surface area contributed by atoms with Crippen LogP contribution < -0.4 is 10.6 Å². The van der Waals surface area contributed by atoms with Crippen molar-refractivity contribution in [3.05, 3.63) is 64.2 Å². The molecule has 4 atom stereocenters. The van der Waals surface area contributed by atoms with Crippen LogP contribution in [0.4, 0.5) is 5.69 Å². The van der Waals surface area contributed by atoms with Crippen molar-refractivity contribution < 1.29 is 14.4 Å². The topological polar surface area (TPSA) is 78.5 Å². The zero-order chi connectivity index (χ0) is 24.3. The highest BCUT2D eigenvalue weighted by Crippen LogP contribution is 2.55. The van der Waals surface area contributed by atoms with Crippen LogP contribution in [-0.4, -0.2) is 34.7 Å². The minimum absolute atomic E-state index is 0.0755. The summed E-state index contributed by atoms with van der Waals surface area (Å²) in [6, 6.07) is 13.2. The van der Waals surface area contributed by atoms with Crippen molar-refractivity contribution in [3.63, 3.8) is 0 Å². The van der Waals surface area contributed by atoms with E-state index in [1.807, 2.05) is 43.3 Å². The molecule has 3 amide bonds. The van der Waals surface area contributed by atoms with Gasteiger partial charge in [-0.1, -0.05) is 73.7 Å². The molecule has 0 radical (unpaired) electrons. The Morgan fingerprint density at radius 1 is 0.971 bits per heavy atom. The van der Waals surface area contributed by atoms with Gasteiger partial charge >= 0.3 is 0 Å². The molecule has 35 heavy (non-hydrogen) atoms. The zero-order valence-electron chi connectivity index (χ0n) is 19.9. The molecular formula is C28H30ClN3O3. The molecule has 0 bridgehead atoms. The van der Waals surface area contributed by atoms with Crippen molar-refractivity contribution in [2.24, 2.45) is 11.8 Å². The minimum atomic E-state index is -1.28. The Balaban J connectivity index is 1.47. The van der Waals surface area contributed by atoms with Crippen LogP contribution in [-0.2, 0) is 26.3 Å². The fourth-order valence-corrected chi connectivity index (χ4v) is 7.09. The second-order valence-electron chi connectivity index (χ2n) is 10.5. The van der Waals surface area contributed by atoms with E-state index in [1.165, 1.54) is 0 Å². The smallest absolute Gasteiger partial charge is 0.250 e. The molecule has 7 heteroatoms. The van der Waals surface area contributed by atoms with E-state index >= 15 is 0 Å². The van der Waals surface area contributed by atoms with Gasteiger partial charge in [-0.2, -0.15) is 0 Å². The maximum Gasteiger partial charge on any atom is 0.250 e. The van der Waals surface area contributed by atoms with Crippen molar-refractivity contribution >= 4 is 35.0 Å². The van der Waals surface area contributed by atoms with Gasteiger partial charge in [-0.15, -0.1) is 0 Å². The lowest BCUT2D eigenvalue weighted by molar-refractivity contribution is -0.145. The van der Waals surface area contributed by atoms with Crippen LogP contribution in [0.15, 0.2) is 42.5 Å². The molecule has 2 N–H and O–H groups in total. The predicted octanol–water partition coefficient (Wildman–Crippen LogP) is 4.33. The van der Waals surface area contributed by atoms with Gasteiger partial charge in [0.05, 0.1) is 17.5 Å². The van der Waals surface area contributed by atoms with E-state index in [1.54, 1.807) is 11.0 Å². The van der Waals surface area contributed by atoms with E-state index < -0.39 is 17.4 Å². The standard InChI is InChI=1S/C28H30ClN3O3/c1-16-20(29)14-13-19-24(16)30-27(35)28(19)23-22(21(31-28)15-17-9-5-4-6-10-17)25(33)32(26(23)34)18-11-7-2-3-8-12-18/h4-6,9-10,13-14,18,21-23,31H,2-3,7-8,11-12,15H2,1H3,(H,30,35)/t21-,22+,23-,28+/m1/s1.